The Hall–Kier alpha value is -3.77. The molecule has 0 radical (unpaired) electrons. The first kappa shape index (κ1) is 22.0. The van der Waals surface area contributed by atoms with Gasteiger partial charge in [-0.1, -0.05) is 24.3 Å². The van der Waals surface area contributed by atoms with Crippen molar-refractivity contribution < 1.29 is 13.9 Å². The van der Waals surface area contributed by atoms with Crippen molar-refractivity contribution in [1.29, 1.82) is 0 Å². The molecule has 1 aliphatic heterocycles. The summed E-state index contributed by atoms with van der Waals surface area (Å²) in [7, 11) is 1.62. The highest BCUT2D eigenvalue weighted by atomic mass is 16.5. The van der Waals surface area contributed by atoms with Crippen molar-refractivity contribution in [2.24, 2.45) is 0 Å². The van der Waals surface area contributed by atoms with Crippen molar-refractivity contribution in [2.75, 3.05) is 38.7 Å². The third-order valence-corrected chi connectivity index (χ3v) is 6.19. The molecule has 2 heterocycles. The highest BCUT2D eigenvalue weighted by molar-refractivity contribution is 5.99. The predicted molar refractivity (Wildman–Crippen MR) is 135 cm³/mol. The Balaban J connectivity index is 1.42. The van der Waals surface area contributed by atoms with Gasteiger partial charge in [-0.2, -0.15) is 0 Å². The molecule has 6 heteroatoms. The minimum atomic E-state index is -0.395. The lowest BCUT2D eigenvalue weighted by Gasteiger charge is -2.16. The van der Waals surface area contributed by atoms with E-state index in [1.54, 1.807) is 13.2 Å². The Morgan fingerprint density at radius 3 is 2.35 bits per heavy atom. The number of fused-ring (bicyclic) bond motifs is 1. The Morgan fingerprint density at radius 2 is 1.62 bits per heavy atom. The van der Waals surface area contributed by atoms with E-state index in [0.29, 0.717) is 23.4 Å². The van der Waals surface area contributed by atoms with Crippen molar-refractivity contribution in [3.8, 4) is 22.6 Å². The number of rotatable bonds is 8. The average molecular weight is 457 g/mol. The highest BCUT2D eigenvalue weighted by Gasteiger charge is 2.17. The lowest BCUT2D eigenvalue weighted by atomic mass is 10.0. The molecule has 5 rings (SSSR count). The highest BCUT2D eigenvalue weighted by Crippen LogP contribution is 2.35. The number of nitrogens with one attached hydrogen (secondary N) is 1. The lowest BCUT2D eigenvalue weighted by molar-refractivity contribution is 0.238. The van der Waals surface area contributed by atoms with Gasteiger partial charge in [0.1, 0.15) is 23.7 Å². The van der Waals surface area contributed by atoms with Crippen LogP contribution in [0.5, 0.6) is 11.5 Å². The van der Waals surface area contributed by atoms with Crippen LogP contribution in [0.3, 0.4) is 0 Å². The molecule has 0 aliphatic carbocycles. The van der Waals surface area contributed by atoms with Crippen LogP contribution >= 0.6 is 0 Å². The van der Waals surface area contributed by atoms with Crippen LogP contribution in [0.4, 0.5) is 11.4 Å². The van der Waals surface area contributed by atoms with Gasteiger partial charge in [0.15, 0.2) is 0 Å². The number of nitrogens with zero attached hydrogens (tertiary/aromatic N) is 1. The van der Waals surface area contributed by atoms with Gasteiger partial charge in [0.2, 0.25) is 0 Å². The van der Waals surface area contributed by atoms with Crippen LogP contribution in [0.2, 0.25) is 0 Å². The molecule has 174 valence electrons. The third kappa shape index (κ3) is 4.77. The fraction of sp³-hybridized carbons (Fsp3) is 0.250. The van der Waals surface area contributed by atoms with Crippen LogP contribution < -0.4 is 20.4 Å². The fourth-order valence-corrected chi connectivity index (χ4v) is 4.38. The van der Waals surface area contributed by atoms with E-state index in [1.807, 2.05) is 66.7 Å². The van der Waals surface area contributed by atoms with Gasteiger partial charge >= 0.3 is 5.63 Å². The molecule has 0 bridgehead atoms. The number of benzene rings is 3. The molecule has 0 saturated carbocycles. The summed E-state index contributed by atoms with van der Waals surface area (Å²) in [6, 6.07) is 22.8. The van der Waals surface area contributed by atoms with Gasteiger partial charge in [0.05, 0.1) is 18.4 Å². The number of ether oxygens (including phenoxy) is 2. The number of anilines is 2. The van der Waals surface area contributed by atoms with Crippen LogP contribution in [-0.2, 0) is 0 Å². The third-order valence-electron chi connectivity index (χ3n) is 6.19. The largest absolute Gasteiger partial charge is 0.497 e. The number of hydrogen-bond acceptors (Lipinski definition) is 6. The SMILES string of the molecule is COc1ccc(-c2c(Nc3ccc(OCCN4CCCC4)cc3)c3ccccc3oc2=O)cc1. The minimum absolute atomic E-state index is 0.395. The average Bonchev–Trinajstić information content (AvgIpc) is 3.39. The Bertz CT molecular complexity index is 1310. The molecule has 0 spiro atoms. The monoisotopic (exact) mass is 456 g/mol. The van der Waals surface area contributed by atoms with E-state index < -0.39 is 5.63 Å². The first-order valence-electron chi connectivity index (χ1n) is 11.6. The summed E-state index contributed by atoms with van der Waals surface area (Å²) < 4.78 is 16.8. The zero-order valence-corrected chi connectivity index (χ0v) is 19.3. The Kier molecular flexibility index (Phi) is 6.49. The molecule has 1 saturated heterocycles. The molecule has 0 atom stereocenters. The van der Waals surface area contributed by atoms with E-state index in [4.69, 9.17) is 13.9 Å². The summed E-state index contributed by atoms with van der Waals surface area (Å²) in [6.07, 6.45) is 2.57. The zero-order chi connectivity index (χ0) is 23.3. The van der Waals surface area contributed by atoms with Crippen molar-refractivity contribution in [3.05, 3.63) is 83.2 Å². The first-order chi connectivity index (χ1) is 16.7. The molecule has 4 aromatic rings. The standard InChI is InChI=1S/C28H28N2O4/c1-32-22-12-8-20(9-13-22)26-27(24-6-2-3-7-25(24)34-28(26)31)29-21-10-14-23(15-11-21)33-19-18-30-16-4-5-17-30/h2-3,6-15,29H,4-5,16-19H2,1H3. The predicted octanol–water partition coefficient (Wildman–Crippen LogP) is 5.69. The molecule has 1 N–H and O–H groups in total. The summed E-state index contributed by atoms with van der Waals surface area (Å²) in [5.41, 5.74) is 2.94. The van der Waals surface area contributed by atoms with Crippen LogP contribution in [-0.4, -0.2) is 38.3 Å². The molecule has 1 aromatic heterocycles. The lowest BCUT2D eigenvalue weighted by Crippen LogP contribution is -2.25. The minimum Gasteiger partial charge on any atom is -0.497 e. The van der Waals surface area contributed by atoms with Gasteiger partial charge in [-0.25, -0.2) is 4.79 Å². The Labute approximate surface area is 198 Å². The number of methoxy groups -OCH3 is 1. The van der Waals surface area contributed by atoms with Crippen molar-refractivity contribution in [1.82, 2.24) is 4.90 Å². The van der Waals surface area contributed by atoms with E-state index in [1.165, 1.54) is 25.9 Å². The molecule has 6 nitrogen and oxygen atoms in total. The molecular weight excluding hydrogens is 428 g/mol. The van der Waals surface area contributed by atoms with Crippen molar-refractivity contribution in [2.45, 2.75) is 12.8 Å². The molecule has 1 aliphatic rings. The number of hydrogen-bond donors (Lipinski definition) is 1. The van der Waals surface area contributed by atoms with Gasteiger partial charge in [-0.05, 0) is 80.0 Å². The van der Waals surface area contributed by atoms with Crippen LogP contribution in [0.25, 0.3) is 22.1 Å². The molecular formula is C28H28N2O4. The van der Waals surface area contributed by atoms with Gasteiger partial charge < -0.3 is 19.2 Å². The molecule has 0 unspecified atom stereocenters. The molecule has 3 aromatic carbocycles. The van der Waals surface area contributed by atoms with Crippen molar-refractivity contribution in [3.63, 3.8) is 0 Å². The summed E-state index contributed by atoms with van der Waals surface area (Å²) >= 11 is 0. The molecule has 34 heavy (non-hydrogen) atoms. The summed E-state index contributed by atoms with van der Waals surface area (Å²) in [4.78, 5) is 15.5. The summed E-state index contributed by atoms with van der Waals surface area (Å²) in [5, 5.41) is 4.29. The number of para-hydroxylation sites is 1. The quantitative estimate of drug-likeness (QED) is 0.344. The van der Waals surface area contributed by atoms with E-state index in [2.05, 4.69) is 10.2 Å². The normalized spacial score (nSPS) is 13.8. The second kappa shape index (κ2) is 10.0. The van der Waals surface area contributed by atoms with Crippen LogP contribution in [0.15, 0.2) is 82.0 Å². The maximum absolute atomic E-state index is 13.0. The summed E-state index contributed by atoms with van der Waals surface area (Å²) in [6.45, 7) is 3.97. The van der Waals surface area contributed by atoms with E-state index >= 15 is 0 Å². The second-order valence-corrected chi connectivity index (χ2v) is 8.41. The zero-order valence-electron chi connectivity index (χ0n) is 19.3. The molecule has 1 fully saturated rings. The van der Waals surface area contributed by atoms with Crippen molar-refractivity contribution >= 4 is 22.3 Å². The second-order valence-electron chi connectivity index (χ2n) is 8.41. The van der Waals surface area contributed by atoms with Gasteiger partial charge in [-0.3, -0.25) is 4.90 Å². The van der Waals surface area contributed by atoms with Gasteiger partial charge in [0, 0.05) is 17.6 Å². The Morgan fingerprint density at radius 1 is 0.912 bits per heavy atom. The first-order valence-corrected chi connectivity index (χ1v) is 11.6. The van der Waals surface area contributed by atoms with E-state index in [-0.39, 0.29) is 0 Å². The van der Waals surface area contributed by atoms with E-state index in [9.17, 15) is 4.79 Å². The van der Waals surface area contributed by atoms with E-state index in [0.717, 1.165) is 34.7 Å². The fourth-order valence-electron chi connectivity index (χ4n) is 4.38. The molecule has 0 amide bonds. The van der Waals surface area contributed by atoms with Gasteiger partial charge in [0.25, 0.3) is 0 Å². The van der Waals surface area contributed by atoms with Crippen LogP contribution in [0.1, 0.15) is 12.8 Å². The van der Waals surface area contributed by atoms with Crippen LogP contribution in [0, 0.1) is 0 Å². The number of likely N-dealkylation sites (tertiary alicyclic amines) is 1. The maximum Gasteiger partial charge on any atom is 0.346 e. The summed E-state index contributed by atoms with van der Waals surface area (Å²) in [5.74, 6) is 1.56. The topological polar surface area (TPSA) is 63.9 Å². The smallest absolute Gasteiger partial charge is 0.346 e. The van der Waals surface area contributed by atoms with Gasteiger partial charge in [-0.15, -0.1) is 0 Å². The maximum atomic E-state index is 13.0.